The third-order valence-corrected chi connectivity index (χ3v) is 2.70. The summed E-state index contributed by atoms with van der Waals surface area (Å²) in [5.41, 5.74) is 8.02. The Bertz CT molecular complexity index is 595. The lowest BCUT2D eigenvalue weighted by atomic mass is 10.2. The van der Waals surface area contributed by atoms with E-state index in [0.717, 1.165) is 11.4 Å². The van der Waals surface area contributed by atoms with Crippen LogP contribution >= 0.6 is 0 Å². The average Bonchev–Trinajstić information content (AvgIpc) is 2.38. The molecule has 0 aliphatic rings. The Hall–Kier alpha value is -2.50. The number of nitrogens with two attached hydrogens (primary N) is 1. The highest BCUT2D eigenvalue weighted by Gasteiger charge is 2.12. The van der Waals surface area contributed by atoms with Crippen LogP contribution in [0.15, 0.2) is 30.5 Å². The third kappa shape index (κ3) is 3.04. The lowest BCUT2D eigenvalue weighted by Crippen LogP contribution is -2.24. The Morgan fingerprint density at radius 2 is 2.16 bits per heavy atom. The Balaban J connectivity index is 2.25. The van der Waals surface area contributed by atoms with Gasteiger partial charge in [0.05, 0.1) is 24.0 Å². The first-order chi connectivity index (χ1) is 9.08. The van der Waals surface area contributed by atoms with E-state index in [2.05, 4.69) is 15.2 Å². The zero-order valence-electron chi connectivity index (χ0n) is 11.0. The molecule has 2 heterocycles. The number of rotatable bonds is 4. The van der Waals surface area contributed by atoms with E-state index in [4.69, 9.17) is 11.1 Å². The SMILES string of the molecule is Cc1cccc(CN(C)c2nnccc2C(=N)N)n1. The highest BCUT2D eigenvalue weighted by Crippen LogP contribution is 2.16. The van der Waals surface area contributed by atoms with Gasteiger partial charge < -0.3 is 10.6 Å². The van der Waals surface area contributed by atoms with Crippen molar-refractivity contribution in [1.29, 1.82) is 5.41 Å². The highest BCUT2D eigenvalue weighted by atomic mass is 15.2. The predicted octanol–water partition coefficient (Wildman–Crippen LogP) is 1.10. The van der Waals surface area contributed by atoms with E-state index in [0.29, 0.717) is 17.9 Å². The molecule has 2 rings (SSSR count). The van der Waals surface area contributed by atoms with Gasteiger partial charge in [-0.05, 0) is 25.1 Å². The lowest BCUT2D eigenvalue weighted by Gasteiger charge is -2.19. The van der Waals surface area contributed by atoms with Crippen molar-refractivity contribution in [2.75, 3.05) is 11.9 Å². The normalized spacial score (nSPS) is 10.2. The van der Waals surface area contributed by atoms with E-state index >= 15 is 0 Å². The molecule has 6 heteroatoms. The molecule has 0 bridgehead atoms. The van der Waals surface area contributed by atoms with Crippen LogP contribution in [-0.2, 0) is 6.54 Å². The van der Waals surface area contributed by atoms with Gasteiger partial charge in [-0.25, -0.2) is 0 Å². The van der Waals surface area contributed by atoms with Crippen molar-refractivity contribution in [2.45, 2.75) is 13.5 Å². The first-order valence-corrected chi connectivity index (χ1v) is 5.87. The van der Waals surface area contributed by atoms with Crippen LogP contribution in [0.4, 0.5) is 5.82 Å². The number of nitrogens with zero attached hydrogens (tertiary/aromatic N) is 4. The zero-order chi connectivity index (χ0) is 13.8. The van der Waals surface area contributed by atoms with E-state index in [1.807, 2.05) is 37.1 Å². The fourth-order valence-corrected chi connectivity index (χ4v) is 1.82. The van der Waals surface area contributed by atoms with Gasteiger partial charge in [-0.3, -0.25) is 10.4 Å². The van der Waals surface area contributed by atoms with Crippen LogP contribution in [0.25, 0.3) is 0 Å². The summed E-state index contributed by atoms with van der Waals surface area (Å²) < 4.78 is 0. The summed E-state index contributed by atoms with van der Waals surface area (Å²) in [7, 11) is 1.88. The van der Waals surface area contributed by atoms with Gasteiger partial charge in [-0.15, -0.1) is 5.10 Å². The lowest BCUT2D eigenvalue weighted by molar-refractivity contribution is 0.836. The number of nitrogen functional groups attached to an aromatic ring is 1. The van der Waals surface area contributed by atoms with Crippen LogP contribution in [0.3, 0.4) is 0 Å². The number of amidine groups is 1. The Labute approximate surface area is 111 Å². The molecule has 98 valence electrons. The molecule has 0 aliphatic carbocycles. The van der Waals surface area contributed by atoms with E-state index in [-0.39, 0.29) is 5.84 Å². The molecule has 0 saturated carbocycles. The number of anilines is 1. The van der Waals surface area contributed by atoms with Crippen molar-refractivity contribution in [3.8, 4) is 0 Å². The van der Waals surface area contributed by atoms with E-state index in [1.54, 1.807) is 6.07 Å². The fraction of sp³-hybridized carbons (Fsp3) is 0.231. The van der Waals surface area contributed by atoms with Gasteiger partial charge in [0.1, 0.15) is 5.84 Å². The van der Waals surface area contributed by atoms with Crippen LogP contribution in [0.5, 0.6) is 0 Å². The average molecular weight is 256 g/mol. The molecule has 2 aromatic heterocycles. The number of aryl methyl sites for hydroxylation is 1. The minimum atomic E-state index is -0.0195. The fourth-order valence-electron chi connectivity index (χ4n) is 1.82. The predicted molar refractivity (Wildman–Crippen MR) is 74.1 cm³/mol. The van der Waals surface area contributed by atoms with Crippen molar-refractivity contribution in [3.63, 3.8) is 0 Å². The molecule has 0 spiro atoms. The van der Waals surface area contributed by atoms with Crippen LogP contribution in [0.1, 0.15) is 17.0 Å². The minimum Gasteiger partial charge on any atom is -0.384 e. The number of aromatic nitrogens is 3. The smallest absolute Gasteiger partial charge is 0.162 e. The molecule has 0 amide bonds. The molecule has 19 heavy (non-hydrogen) atoms. The number of nitrogens with one attached hydrogen (secondary N) is 1. The molecule has 0 unspecified atom stereocenters. The third-order valence-electron chi connectivity index (χ3n) is 2.70. The van der Waals surface area contributed by atoms with Crippen LogP contribution < -0.4 is 10.6 Å². The van der Waals surface area contributed by atoms with Gasteiger partial charge in [0, 0.05) is 12.7 Å². The number of pyridine rings is 1. The quantitative estimate of drug-likeness (QED) is 0.631. The highest BCUT2D eigenvalue weighted by molar-refractivity contribution is 5.99. The van der Waals surface area contributed by atoms with Gasteiger partial charge in [0.15, 0.2) is 5.82 Å². The second kappa shape index (κ2) is 5.43. The molecular formula is C13H16N6. The summed E-state index contributed by atoms with van der Waals surface area (Å²) >= 11 is 0. The monoisotopic (exact) mass is 256 g/mol. The molecular weight excluding hydrogens is 240 g/mol. The van der Waals surface area contributed by atoms with E-state index < -0.39 is 0 Å². The standard InChI is InChI=1S/C13H16N6/c1-9-4-3-5-10(17-9)8-19(2)13-11(12(14)15)6-7-16-18-13/h3-7H,8H2,1-2H3,(H3,14,15). The molecule has 0 aliphatic heterocycles. The van der Waals surface area contributed by atoms with Crippen LogP contribution in [0.2, 0.25) is 0 Å². The van der Waals surface area contributed by atoms with Crippen LogP contribution in [-0.4, -0.2) is 28.1 Å². The Morgan fingerprint density at radius 3 is 2.84 bits per heavy atom. The zero-order valence-corrected chi connectivity index (χ0v) is 11.0. The van der Waals surface area contributed by atoms with E-state index in [1.165, 1.54) is 6.20 Å². The van der Waals surface area contributed by atoms with Crippen molar-refractivity contribution in [1.82, 2.24) is 15.2 Å². The van der Waals surface area contributed by atoms with Gasteiger partial charge in [0.2, 0.25) is 0 Å². The molecule has 0 atom stereocenters. The molecule has 0 fully saturated rings. The van der Waals surface area contributed by atoms with Gasteiger partial charge in [-0.2, -0.15) is 5.10 Å². The van der Waals surface area contributed by atoms with Gasteiger partial charge in [0.25, 0.3) is 0 Å². The summed E-state index contributed by atoms with van der Waals surface area (Å²) in [5.74, 6) is 0.562. The number of hydrogen-bond acceptors (Lipinski definition) is 5. The Kier molecular flexibility index (Phi) is 3.70. The van der Waals surface area contributed by atoms with Crippen molar-refractivity contribution in [2.24, 2.45) is 5.73 Å². The summed E-state index contributed by atoms with van der Waals surface area (Å²) in [6.45, 7) is 2.54. The van der Waals surface area contributed by atoms with Crippen molar-refractivity contribution < 1.29 is 0 Å². The second-order valence-electron chi connectivity index (χ2n) is 4.31. The summed E-state index contributed by atoms with van der Waals surface area (Å²) in [5, 5.41) is 15.4. The van der Waals surface area contributed by atoms with Crippen molar-refractivity contribution >= 4 is 11.7 Å². The van der Waals surface area contributed by atoms with E-state index in [9.17, 15) is 0 Å². The molecule has 6 nitrogen and oxygen atoms in total. The summed E-state index contributed by atoms with van der Waals surface area (Å²) in [6, 6.07) is 7.55. The Morgan fingerprint density at radius 1 is 1.37 bits per heavy atom. The van der Waals surface area contributed by atoms with Crippen molar-refractivity contribution in [3.05, 3.63) is 47.4 Å². The van der Waals surface area contributed by atoms with Gasteiger partial charge >= 0.3 is 0 Å². The maximum atomic E-state index is 7.55. The van der Waals surface area contributed by atoms with Crippen LogP contribution in [0, 0.1) is 12.3 Å². The summed E-state index contributed by atoms with van der Waals surface area (Å²) in [6.07, 6.45) is 1.53. The first kappa shape index (κ1) is 12.9. The first-order valence-electron chi connectivity index (χ1n) is 5.87. The topological polar surface area (TPSA) is 91.8 Å². The second-order valence-corrected chi connectivity index (χ2v) is 4.31. The maximum absolute atomic E-state index is 7.55. The number of hydrogen-bond donors (Lipinski definition) is 2. The molecule has 0 radical (unpaired) electrons. The molecule has 0 saturated heterocycles. The van der Waals surface area contributed by atoms with Gasteiger partial charge in [-0.1, -0.05) is 6.07 Å². The largest absolute Gasteiger partial charge is 0.384 e. The maximum Gasteiger partial charge on any atom is 0.162 e. The molecule has 2 aromatic rings. The molecule has 3 N–H and O–H groups in total. The summed E-state index contributed by atoms with van der Waals surface area (Å²) in [4.78, 5) is 6.32. The minimum absolute atomic E-state index is 0.0195. The molecule has 0 aromatic carbocycles.